The number of carbonyl (C=O) groups is 2. The summed E-state index contributed by atoms with van der Waals surface area (Å²) in [6.07, 6.45) is 5.08. The molecule has 158 valence electrons. The summed E-state index contributed by atoms with van der Waals surface area (Å²) in [5.74, 6) is 0.642. The van der Waals surface area contributed by atoms with Crippen LogP contribution in [-0.4, -0.2) is 48.5 Å². The largest absolute Gasteiger partial charge is 0.497 e. The first-order valence-electron chi connectivity index (χ1n) is 10.7. The number of nitrogens with zero attached hydrogens (tertiary/aromatic N) is 1. The third kappa shape index (κ3) is 4.82. The normalized spacial score (nSPS) is 23.4. The first-order valence-corrected chi connectivity index (χ1v) is 10.7. The Labute approximate surface area is 177 Å². The first-order chi connectivity index (χ1) is 14.6. The van der Waals surface area contributed by atoms with Crippen LogP contribution in [-0.2, 0) is 4.79 Å². The minimum atomic E-state index is -0.0627. The molecule has 2 fully saturated rings. The SMILES string of the molecule is COc1cccc(C(=O)NC2C[C@H]3CCC[C@@H](C2)N3CC(=O)Nc2ccccc2)c1. The predicted octanol–water partition coefficient (Wildman–Crippen LogP) is 3.45. The zero-order valence-electron chi connectivity index (χ0n) is 17.3. The maximum absolute atomic E-state index is 12.7. The van der Waals surface area contributed by atoms with Gasteiger partial charge in [-0.3, -0.25) is 14.5 Å². The fraction of sp³-hybridized carbons (Fsp3) is 0.417. The van der Waals surface area contributed by atoms with E-state index in [2.05, 4.69) is 15.5 Å². The molecule has 30 heavy (non-hydrogen) atoms. The molecule has 0 radical (unpaired) electrons. The number of piperidine rings is 2. The molecule has 2 aromatic rings. The van der Waals surface area contributed by atoms with Crippen LogP contribution in [0, 0.1) is 0 Å². The number of hydrogen-bond acceptors (Lipinski definition) is 4. The summed E-state index contributed by atoms with van der Waals surface area (Å²) in [4.78, 5) is 27.6. The number of ether oxygens (including phenoxy) is 1. The molecule has 4 rings (SSSR count). The average Bonchev–Trinajstić information content (AvgIpc) is 2.75. The van der Waals surface area contributed by atoms with Crippen molar-refractivity contribution in [3.63, 3.8) is 0 Å². The second-order valence-electron chi connectivity index (χ2n) is 8.20. The summed E-state index contributed by atoms with van der Waals surface area (Å²) in [7, 11) is 1.60. The Bertz CT molecular complexity index is 872. The molecule has 1 unspecified atom stereocenters. The van der Waals surface area contributed by atoms with Gasteiger partial charge in [-0.05, 0) is 56.0 Å². The van der Waals surface area contributed by atoms with Crippen molar-refractivity contribution in [2.75, 3.05) is 19.0 Å². The van der Waals surface area contributed by atoms with Crippen molar-refractivity contribution >= 4 is 17.5 Å². The van der Waals surface area contributed by atoms with Gasteiger partial charge in [0.05, 0.1) is 13.7 Å². The third-order valence-electron chi connectivity index (χ3n) is 6.18. The van der Waals surface area contributed by atoms with Gasteiger partial charge in [-0.1, -0.05) is 30.7 Å². The number of methoxy groups -OCH3 is 1. The highest BCUT2D eigenvalue weighted by atomic mass is 16.5. The van der Waals surface area contributed by atoms with Gasteiger partial charge in [0.15, 0.2) is 0 Å². The van der Waals surface area contributed by atoms with Crippen LogP contribution in [0.15, 0.2) is 54.6 Å². The van der Waals surface area contributed by atoms with Crippen LogP contribution in [0.1, 0.15) is 42.5 Å². The first kappa shape index (κ1) is 20.4. The van der Waals surface area contributed by atoms with Crippen molar-refractivity contribution in [1.29, 1.82) is 0 Å². The number of nitrogens with one attached hydrogen (secondary N) is 2. The van der Waals surface area contributed by atoms with Crippen LogP contribution in [0.4, 0.5) is 5.69 Å². The smallest absolute Gasteiger partial charge is 0.251 e. The van der Waals surface area contributed by atoms with Crippen molar-refractivity contribution in [2.45, 2.75) is 50.2 Å². The van der Waals surface area contributed by atoms with Gasteiger partial charge < -0.3 is 15.4 Å². The number of carbonyl (C=O) groups excluding carboxylic acids is 2. The molecule has 2 saturated heterocycles. The number of rotatable bonds is 6. The molecule has 2 N–H and O–H groups in total. The monoisotopic (exact) mass is 407 g/mol. The lowest BCUT2D eigenvalue weighted by molar-refractivity contribution is -0.120. The highest BCUT2D eigenvalue weighted by molar-refractivity contribution is 5.95. The van der Waals surface area contributed by atoms with Crippen LogP contribution in [0.5, 0.6) is 5.75 Å². The fourth-order valence-electron chi connectivity index (χ4n) is 4.78. The lowest BCUT2D eigenvalue weighted by Crippen LogP contribution is -2.58. The third-order valence-corrected chi connectivity index (χ3v) is 6.18. The van der Waals surface area contributed by atoms with Crippen LogP contribution in [0.3, 0.4) is 0 Å². The lowest BCUT2D eigenvalue weighted by Gasteiger charge is -2.48. The highest BCUT2D eigenvalue weighted by Crippen LogP contribution is 2.34. The molecule has 2 aliphatic rings. The summed E-state index contributed by atoms with van der Waals surface area (Å²) < 4.78 is 5.22. The molecular weight excluding hydrogens is 378 g/mol. The molecule has 0 saturated carbocycles. The summed E-state index contributed by atoms with van der Waals surface area (Å²) in [5, 5.41) is 6.20. The fourth-order valence-corrected chi connectivity index (χ4v) is 4.78. The van der Waals surface area contributed by atoms with Gasteiger partial charge in [0.2, 0.25) is 5.91 Å². The van der Waals surface area contributed by atoms with Crippen molar-refractivity contribution in [3.05, 3.63) is 60.2 Å². The van der Waals surface area contributed by atoms with Crippen molar-refractivity contribution < 1.29 is 14.3 Å². The molecule has 2 amide bonds. The van der Waals surface area contributed by atoms with Crippen LogP contribution in [0.25, 0.3) is 0 Å². The average molecular weight is 408 g/mol. The van der Waals surface area contributed by atoms with Gasteiger partial charge in [0.25, 0.3) is 5.91 Å². The minimum absolute atomic E-state index is 0.0250. The van der Waals surface area contributed by atoms with E-state index >= 15 is 0 Å². The molecule has 0 aromatic heterocycles. The van der Waals surface area contributed by atoms with E-state index in [1.165, 1.54) is 6.42 Å². The topological polar surface area (TPSA) is 70.7 Å². The van der Waals surface area contributed by atoms with Crippen LogP contribution < -0.4 is 15.4 Å². The van der Waals surface area contributed by atoms with Crippen molar-refractivity contribution in [1.82, 2.24) is 10.2 Å². The maximum atomic E-state index is 12.7. The number of hydrogen-bond donors (Lipinski definition) is 2. The quantitative estimate of drug-likeness (QED) is 0.770. The number of para-hydroxylation sites is 1. The summed E-state index contributed by atoms with van der Waals surface area (Å²) >= 11 is 0. The van der Waals surface area contributed by atoms with E-state index < -0.39 is 0 Å². The molecule has 2 heterocycles. The molecule has 2 aliphatic heterocycles. The van der Waals surface area contributed by atoms with Gasteiger partial charge in [0, 0.05) is 29.4 Å². The van der Waals surface area contributed by atoms with E-state index in [0.717, 1.165) is 31.4 Å². The second-order valence-corrected chi connectivity index (χ2v) is 8.20. The standard InChI is InChI=1S/C24H29N3O3/c1-30-22-12-5-7-17(13-22)24(29)26-19-14-20-10-6-11-21(15-19)27(20)16-23(28)25-18-8-3-2-4-9-18/h2-5,7-9,12-13,19-21H,6,10-11,14-16H2,1H3,(H,25,28)(H,26,29)/t19?,20-,21+. The number of fused-ring (bicyclic) bond motifs is 2. The number of benzene rings is 2. The molecule has 0 aliphatic carbocycles. The van der Waals surface area contributed by atoms with E-state index in [-0.39, 0.29) is 17.9 Å². The van der Waals surface area contributed by atoms with Crippen molar-refractivity contribution in [3.8, 4) is 5.75 Å². The van der Waals surface area contributed by atoms with Crippen LogP contribution in [0.2, 0.25) is 0 Å². The number of amides is 2. The Balaban J connectivity index is 1.36. The molecule has 6 nitrogen and oxygen atoms in total. The maximum Gasteiger partial charge on any atom is 0.251 e. The van der Waals surface area contributed by atoms with Crippen molar-refractivity contribution in [2.24, 2.45) is 0 Å². The predicted molar refractivity (Wildman–Crippen MR) is 117 cm³/mol. The molecule has 2 bridgehead atoms. The van der Waals surface area contributed by atoms with E-state index in [1.54, 1.807) is 13.2 Å². The molecular formula is C24H29N3O3. The van der Waals surface area contributed by atoms with E-state index in [0.29, 0.717) is 29.9 Å². The lowest BCUT2D eigenvalue weighted by atomic mass is 9.81. The zero-order valence-corrected chi connectivity index (χ0v) is 17.3. The Kier molecular flexibility index (Phi) is 6.33. The Morgan fingerprint density at radius 1 is 1.03 bits per heavy atom. The minimum Gasteiger partial charge on any atom is -0.497 e. The zero-order chi connectivity index (χ0) is 20.9. The summed E-state index contributed by atoms with van der Waals surface area (Å²) in [6.45, 7) is 0.404. The molecule has 3 atom stereocenters. The van der Waals surface area contributed by atoms with Gasteiger partial charge in [-0.25, -0.2) is 0 Å². The Hall–Kier alpha value is -2.86. The van der Waals surface area contributed by atoms with E-state index in [1.807, 2.05) is 48.5 Å². The Morgan fingerprint density at radius 3 is 2.47 bits per heavy atom. The van der Waals surface area contributed by atoms with Gasteiger partial charge in [0.1, 0.15) is 5.75 Å². The summed E-state index contributed by atoms with van der Waals surface area (Å²) in [6, 6.07) is 17.6. The summed E-state index contributed by atoms with van der Waals surface area (Å²) in [5.41, 5.74) is 1.44. The number of anilines is 1. The molecule has 6 heteroatoms. The van der Waals surface area contributed by atoms with Crippen LogP contribution >= 0.6 is 0 Å². The van der Waals surface area contributed by atoms with E-state index in [4.69, 9.17) is 4.74 Å². The van der Waals surface area contributed by atoms with E-state index in [9.17, 15) is 9.59 Å². The molecule has 0 spiro atoms. The van der Waals surface area contributed by atoms with Gasteiger partial charge in [-0.2, -0.15) is 0 Å². The van der Waals surface area contributed by atoms with Gasteiger partial charge in [-0.15, -0.1) is 0 Å². The second kappa shape index (κ2) is 9.30. The van der Waals surface area contributed by atoms with Gasteiger partial charge >= 0.3 is 0 Å². The highest BCUT2D eigenvalue weighted by Gasteiger charge is 2.39. The Morgan fingerprint density at radius 2 is 1.77 bits per heavy atom. The molecule has 2 aromatic carbocycles.